The van der Waals surface area contributed by atoms with E-state index in [1.54, 1.807) is 4.90 Å². The van der Waals surface area contributed by atoms with Crippen LogP contribution in [0.4, 0.5) is 41.2 Å². The third kappa shape index (κ3) is 8.10. The molecule has 3 atom stereocenters. The molecule has 2 heterocycles. The van der Waals surface area contributed by atoms with Crippen LogP contribution in [0.15, 0.2) is 66.7 Å². The number of rotatable bonds is 5. The number of alkyl halides is 6. The minimum atomic E-state index is -5.11. The average molecular weight is 718 g/mol. The van der Waals surface area contributed by atoms with Gasteiger partial charge in [-0.3, -0.25) is 14.5 Å². The Morgan fingerprint density at radius 1 is 0.824 bits per heavy atom. The SMILES string of the molecule is CN(C(=O)N(C)[C@@H]1CCN(C(=O)[C@H]2CCCCN2C(=O)c2ccc(C#N)cc2)C[C@H]1c1ccc(F)cc1)c1cc(C(F)(F)F)cc(C(F)(F)F)c1. The Kier molecular flexibility index (Phi) is 10.6. The highest BCUT2D eigenvalue weighted by molar-refractivity contribution is 5.98. The predicted molar refractivity (Wildman–Crippen MR) is 172 cm³/mol. The molecule has 8 nitrogen and oxygen atoms in total. The summed E-state index contributed by atoms with van der Waals surface area (Å²) in [7, 11) is 2.44. The highest BCUT2D eigenvalue weighted by Crippen LogP contribution is 2.39. The van der Waals surface area contributed by atoms with Gasteiger partial charge in [0.05, 0.1) is 22.8 Å². The standard InChI is InChI=1S/C36H34F7N5O3/c1-45(28-18-25(35(38,39)40)17-26(19-28)36(41,42)43)34(51)46(2)30-14-16-47(21-29(30)23-10-12-27(37)13-11-23)33(50)31-5-3-4-15-48(31)32(49)24-8-6-22(20-44)7-9-24/h6-13,17-19,29-31H,3-5,14-16,21H2,1-2H3/t29-,30+,31+/m0/s1. The van der Waals surface area contributed by atoms with Gasteiger partial charge >= 0.3 is 18.4 Å². The molecule has 0 spiro atoms. The molecule has 3 aromatic carbocycles. The molecule has 0 bridgehead atoms. The minimum Gasteiger partial charge on any atom is -0.340 e. The summed E-state index contributed by atoms with van der Waals surface area (Å²) in [5.74, 6) is -1.85. The number of amides is 4. The zero-order valence-corrected chi connectivity index (χ0v) is 27.6. The number of hydrogen-bond donors (Lipinski definition) is 0. The number of nitrogens with zero attached hydrogens (tertiary/aromatic N) is 5. The fraction of sp³-hybridized carbons (Fsp3) is 0.389. The smallest absolute Gasteiger partial charge is 0.340 e. The first-order chi connectivity index (χ1) is 24.0. The van der Waals surface area contributed by atoms with E-state index < -0.39 is 59.0 Å². The summed E-state index contributed by atoms with van der Waals surface area (Å²) < 4.78 is 95.3. The molecule has 0 radical (unpaired) electrons. The van der Waals surface area contributed by atoms with E-state index in [9.17, 15) is 45.1 Å². The highest BCUT2D eigenvalue weighted by atomic mass is 19.4. The van der Waals surface area contributed by atoms with Crippen molar-refractivity contribution in [2.45, 2.75) is 56.0 Å². The number of carbonyl (C=O) groups is 3. The Balaban J connectivity index is 1.40. The molecule has 0 saturated carbocycles. The number of hydrogen-bond acceptors (Lipinski definition) is 4. The predicted octanol–water partition coefficient (Wildman–Crippen LogP) is 7.30. The molecule has 3 aromatic rings. The normalized spacial score (nSPS) is 19.6. The second kappa shape index (κ2) is 14.6. The van der Waals surface area contributed by atoms with E-state index in [0.717, 1.165) is 7.05 Å². The van der Waals surface area contributed by atoms with E-state index in [4.69, 9.17) is 5.26 Å². The fourth-order valence-corrected chi connectivity index (χ4v) is 6.76. The quantitative estimate of drug-likeness (QED) is 0.259. The monoisotopic (exact) mass is 717 g/mol. The minimum absolute atomic E-state index is 0.0196. The van der Waals surface area contributed by atoms with Gasteiger partial charge in [0.1, 0.15) is 11.9 Å². The topological polar surface area (TPSA) is 88.0 Å². The van der Waals surface area contributed by atoms with Crippen molar-refractivity contribution in [2.24, 2.45) is 0 Å². The average Bonchev–Trinajstić information content (AvgIpc) is 3.12. The van der Waals surface area contributed by atoms with Crippen LogP contribution in [0.1, 0.15) is 64.2 Å². The molecule has 51 heavy (non-hydrogen) atoms. The summed E-state index contributed by atoms with van der Waals surface area (Å²) in [6.07, 6.45) is -8.28. The first kappa shape index (κ1) is 37.1. The Morgan fingerprint density at radius 3 is 2.00 bits per heavy atom. The van der Waals surface area contributed by atoms with Crippen molar-refractivity contribution in [1.82, 2.24) is 14.7 Å². The van der Waals surface area contributed by atoms with E-state index in [0.29, 0.717) is 59.5 Å². The second-order valence-corrected chi connectivity index (χ2v) is 12.7. The number of benzene rings is 3. The van der Waals surface area contributed by atoms with Crippen molar-refractivity contribution in [3.63, 3.8) is 0 Å². The molecule has 2 fully saturated rings. The Morgan fingerprint density at radius 2 is 1.43 bits per heavy atom. The third-order valence-electron chi connectivity index (χ3n) is 9.54. The Labute approximate surface area is 289 Å². The Bertz CT molecular complexity index is 1770. The van der Waals surface area contributed by atoms with Gasteiger partial charge in [0.25, 0.3) is 5.91 Å². The van der Waals surface area contributed by atoms with Gasteiger partial charge in [0, 0.05) is 56.9 Å². The van der Waals surface area contributed by atoms with Crippen molar-refractivity contribution in [1.29, 1.82) is 5.26 Å². The van der Waals surface area contributed by atoms with Gasteiger partial charge in [0.15, 0.2) is 0 Å². The lowest BCUT2D eigenvalue weighted by molar-refractivity contribution is -0.143. The molecule has 15 heteroatoms. The maximum Gasteiger partial charge on any atom is 0.416 e. The van der Waals surface area contributed by atoms with Gasteiger partial charge in [-0.05, 0) is 85.8 Å². The van der Waals surface area contributed by atoms with Crippen LogP contribution in [0.5, 0.6) is 0 Å². The molecular weight excluding hydrogens is 683 g/mol. The maximum atomic E-state index is 14.1. The molecule has 2 saturated heterocycles. The van der Waals surface area contributed by atoms with E-state index >= 15 is 0 Å². The van der Waals surface area contributed by atoms with Crippen LogP contribution in [0, 0.1) is 17.1 Å². The van der Waals surface area contributed by atoms with Crippen molar-refractivity contribution >= 4 is 23.5 Å². The van der Waals surface area contributed by atoms with Gasteiger partial charge in [0.2, 0.25) is 5.91 Å². The first-order valence-electron chi connectivity index (χ1n) is 16.1. The number of urea groups is 1. The van der Waals surface area contributed by atoms with Crippen molar-refractivity contribution in [3.8, 4) is 6.07 Å². The summed E-state index contributed by atoms with van der Waals surface area (Å²) in [5, 5.41) is 9.12. The molecule has 0 unspecified atom stereocenters. The van der Waals surface area contributed by atoms with Gasteiger partial charge in [-0.15, -0.1) is 0 Å². The van der Waals surface area contributed by atoms with Crippen molar-refractivity contribution in [3.05, 3.63) is 100 Å². The number of halogens is 7. The van der Waals surface area contributed by atoms with E-state index in [1.165, 1.54) is 65.4 Å². The van der Waals surface area contributed by atoms with Crippen LogP contribution < -0.4 is 4.90 Å². The van der Waals surface area contributed by atoms with Crippen LogP contribution in [-0.2, 0) is 17.1 Å². The van der Waals surface area contributed by atoms with Crippen molar-refractivity contribution < 1.29 is 45.1 Å². The largest absolute Gasteiger partial charge is 0.416 e. The summed E-state index contributed by atoms with van der Waals surface area (Å²) in [6.45, 7) is 0.496. The zero-order chi connectivity index (χ0) is 37.2. The molecule has 2 aliphatic heterocycles. The summed E-state index contributed by atoms with van der Waals surface area (Å²) in [5.41, 5.74) is -2.51. The molecule has 5 rings (SSSR count). The van der Waals surface area contributed by atoms with E-state index in [-0.39, 0.29) is 37.4 Å². The molecule has 0 aromatic heterocycles. The molecule has 2 aliphatic rings. The van der Waals surface area contributed by atoms with E-state index in [2.05, 4.69) is 0 Å². The van der Waals surface area contributed by atoms with Crippen LogP contribution in [0.25, 0.3) is 0 Å². The lowest BCUT2D eigenvalue weighted by Crippen LogP contribution is -2.58. The number of likely N-dealkylation sites (N-methyl/N-ethyl adjacent to an activating group) is 1. The summed E-state index contributed by atoms with van der Waals surface area (Å²) >= 11 is 0. The zero-order valence-electron chi connectivity index (χ0n) is 27.6. The van der Waals surface area contributed by atoms with Gasteiger partial charge in [-0.2, -0.15) is 31.6 Å². The van der Waals surface area contributed by atoms with Crippen molar-refractivity contribution in [2.75, 3.05) is 38.6 Å². The number of likely N-dealkylation sites (tertiary alicyclic amines) is 2. The molecule has 4 amide bonds. The third-order valence-corrected chi connectivity index (χ3v) is 9.54. The van der Waals surface area contributed by atoms with Gasteiger partial charge in [-0.1, -0.05) is 12.1 Å². The van der Waals surface area contributed by atoms with Gasteiger partial charge < -0.3 is 14.7 Å². The molecule has 270 valence electrons. The highest BCUT2D eigenvalue weighted by Gasteiger charge is 2.42. The summed E-state index contributed by atoms with van der Waals surface area (Å²) in [6, 6.07) is 12.0. The maximum absolute atomic E-state index is 14.1. The van der Waals surface area contributed by atoms with Gasteiger partial charge in [-0.25, -0.2) is 9.18 Å². The first-order valence-corrected chi connectivity index (χ1v) is 16.1. The molecular formula is C36H34F7N5O3. The fourth-order valence-electron chi connectivity index (χ4n) is 6.76. The summed E-state index contributed by atoms with van der Waals surface area (Å²) in [4.78, 5) is 46.4. The number of anilines is 1. The van der Waals surface area contributed by atoms with Crippen LogP contribution >= 0.6 is 0 Å². The molecule has 0 N–H and O–H groups in total. The number of piperidine rings is 2. The van der Waals surface area contributed by atoms with Crippen LogP contribution in [-0.4, -0.2) is 78.4 Å². The number of carbonyl (C=O) groups excluding carboxylic acids is 3. The molecule has 0 aliphatic carbocycles. The lowest BCUT2D eigenvalue weighted by atomic mass is 9.84. The number of nitriles is 1. The van der Waals surface area contributed by atoms with Crippen LogP contribution in [0.3, 0.4) is 0 Å². The second-order valence-electron chi connectivity index (χ2n) is 12.7. The van der Waals surface area contributed by atoms with Crippen LogP contribution in [0.2, 0.25) is 0 Å². The lowest BCUT2D eigenvalue weighted by Gasteiger charge is -2.45. The van der Waals surface area contributed by atoms with E-state index in [1.807, 2.05) is 6.07 Å². The Hall–Kier alpha value is -5.13.